The van der Waals surface area contributed by atoms with Crippen LogP contribution in [0.25, 0.3) is 0 Å². The van der Waals surface area contributed by atoms with E-state index >= 15 is 0 Å². The van der Waals surface area contributed by atoms with Crippen molar-refractivity contribution in [1.29, 1.82) is 0 Å². The third-order valence-corrected chi connectivity index (χ3v) is 2.34. The molecule has 1 aromatic carbocycles. The normalized spacial score (nSPS) is 10.0. The molecule has 1 aromatic rings. The lowest BCUT2D eigenvalue weighted by molar-refractivity contribution is 0.0997. The van der Waals surface area contributed by atoms with Gasteiger partial charge in [0, 0.05) is 6.07 Å². The number of Topliss-reactive ketones (excluding diaryl/α,β-unsaturated/α-hetero) is 1. The average Bonchev–Trinajstić information content (AvgIpc) is 2.30. The van der Waals surface area contributed by atoms with E-state index in [2.05, 4.69) is 0 Å². The molecule has 0 fully saturated rings. The number of rotatable bonds is 5. The van der Waals surface area contributed by atoms with Gasteiger partial charge < -0.3 is 15.2 Å². The maximum absolute atomic E-state index is 11.6. The van der Waals surface area contributed by atoms with Gasteiger partial charge in [0.05, 0.1) is 30.8 Å². The first-order chi connectivity index (χ1) is 7.63. The Labute approximate surface area is 99.3 Å². The summed E-state index contributed by atoms with van der Waals surface area (Å²) in [5.41, 5.74) is 5.69. The molecule has 0 amide bonds. The van der Waals surface area contributed by atoms with Gasteiger partial charge in [-0.2, -0.15) is 0 Å². The molecule has 0 unspecified atom stereocenters. The smallest absolute Gasteiger partial charge is 0.180 e. The highest BCUT2D eigenvalue weighted by molar-refractivity contribution is 6.32. The molecule has 0 aromatic heterocycles. The molecule has 0 bridgehead atoms. The summed E-state index contributed by atoms with van der Waals surface area (Å²) in [5.74, 6) is 0.700. The number of benzene rings is 1. The molecule has 16 heavy (non-hydrogen) atoms. The van der Waals surface area contributed by atoms with Crippen LogP contribution in [-0.2, 0) is 0 Å². The van der Waals surface area contributed by atoms with Gasteiger partial charge in [0.1, 0.15) is 11.5 Å². The number of carbonyl (C=O) groups excluding carboxylic acids is 1. The number of methoxy groups -OCH3 is 1. The van der Waals surface area contributed by atoms with Gasteiger partial charge in [-0.15, -0.1) is 0 Å². The summed E-state index contributed by atoms with van der Waals surface area (Å²) in [7, 11) is 1.50. The Kier molecular flexibility index (Phi) is 4.58. The van der Waals surface area contributed by atoms with Crippen LogP contribution >= 0.6 is 11.6 Å². The summed E-state index contributed by atoms with van der Waals surface area (Å²) in [5, 5.41) is 0.364. The zero-order valence-corrected chi connectivity index (χ0v) is 10.0. The van der Waals surface area contributed by atoms with Crippen molar-refractivity contribution in [3.8, 4) is 11.5 Å². The summed E-state index contributed by atoms with van der Waals surface area (Å²) < 4.78 is 10.4. The first-order valence-electron chi connectivity index (χ1n) is 4.87. The zero-order chi connectivity index (χ0) is 12.1. The maximum atomic E-state index is 11.6. The van der Waals surface area contributed by atoms with Crippen molar-refractivity contribution in [3.05, 3.63) is 22.7 Å². The first-order valence-corrected chi connectivity index (χ1v) is 5.25. The number of ether oxygens (including phenoxy) is 2. The van der Waals surface area contributed by atoms with Crippen molar-refractivity contribution in [2.75, 3.05) is 20.3 Å². The molecule has 4 nitrogen and oxygen atoms in total. The summed E-state index contributed by atoms with van der Waals surface area (Å²) in [6.45, 7) is 2.20. The van der Waals surface area contributed by atoms with Gasteiger partial charge in [0.15, 0.2) is 5.78 Å². The van der Waals surface area contributed by atoms with E-state index in [1.54, 1.807) is 6.07 Å². The fourth-order valence-electron chi connectivity index (χ4n) is 1.29. The van der Waals surface area contributed by atoms with Crippen molar-refractivity contribution in [3.63, 3.8) is 0 Å². The van der Waals surface area contributed by atoms with Crippen molar-refractivity contribution >= 4 is 17.4 Å². The van der Waals surface area contributed by atoms with Gasteiger partial charge in [0.2, 0.25) is 0 Å². The number of nitrogens with two attached hydrogens (primary N) is 1. The van der Waals surface area contributed by atoms with Crippen molar-refractivity contribution in [1.82, 2.24) is 0 Å². The Morgan fingerprint density at radius 1 is 1.44 bits per heavy atom. The van der Waals surface area contributed by atoms with E-state index in [4.69, 9.17) is 26.8 Å². The molecule has 0 saturated heterocycles. The largest absolute Gasteiger partial charge is 0.495 e. The van der Waals surface area contributed by atoms with Crippen LogP contribution in [0.5, 0.6) is 11.5 Å². The molecular formula is C11H14ClNO3. The van der Waals surface area contributed by atoms with Gasteiger partial charge in [-0.1, -0.05) is 11.6 Å². The van der Waals surface area contributed by atoms with Crippen molar-refractivity contribution < 1.29 is 14.3 Å². The van der Waals surface area contributed by atoms with E-state index in [9.17, 15) is 4.79 Å². The second-order valence-electron chi connectivity index (χ2n) is 3.04. The number of hydrogen-bond donors (Lipinski definition) is 1. The fraction of sp³-hybridized carbons (Fsp3) is 0.364. The third-order valence-electron chi connectivity index (χ3n) is 2.04. The minimum Gasteiger partial charge on any atom is -0.495 e. The van der Waals surface area contributed by atoms with E-state index in [1.165, 1.54) is 13.2 Å². The van der Waals surface area contributed by atoms with Gasteiger partial charge in [-0.25, -0.2) is 0 Å². The van der Waals surface area contributed by atoms with Crippen LogP contribution in [0.4, 0.5) is 0 Å². The molecule has 0 aliphatic rings. The fourth-order valence-corrected chi connectivity index (χ4v) is 1.53. The zero-order valence-electron chi connectivity index (χ0n) is 9.25. The minimum atomic E-state index is -0.215. The van der Waals surface area contributed by atoms with Gasteiger partial charge in [-0.05, 0) is 13.0 Å². The second-order valence-corrected chi connectivity index (χ2v) is 3.45. The van der Waals surface area contributed by atoms with E-state index in [-0.39, 0.29) is 12.3 Å². The highest BCUT2D eigenvalue weighted by Gasteiger charge is 2.15. The summed E-state index contributed by atoms with van der Waals surface area (Å²) >= 11 is 5.93. The number of carbonyl (C=O) groups is 1. The Morgan fingerprint density at radius 3 is 2.62 bits per heavy atom. The van der Waals surface area contributed by atoms with Crippen LogP contribution in [0.15, 0.2) is 12.1 Å². The lowest BCUT2D eigenvalue weighted by Crippen LogP contribution is -2.15. The molecule has 0 aliphatic carbocycles. The van der Waals surface area contributed by atoms with Crippen molar-refractivity contribution in [2.45, 2.75) is 6.92 Å². The van der Waals surface area contributed by atoms with E-state index in [0.29, 0.717) is 28.7 Å². The second kappa shape index (κ2) is 5.72. The quantitative estimate of drug-likeness (QED) is 0.803. The van der Waals surface area contributed by atoms with Gasteiger partial charge in [0.25, 0.3) is 0 Å². The molecule has 0 atom stereocenters. The van der Waals surface area contributed by atoms with Gasteiger partial charge in [-0.3, -0.25) is 4.79 Å². The van der Waals surface area contributed by atoms with E-state index in [1.807, 2.05) is 6.92 Å². The number of hydrogen-bond acceptors (Lipinski definition) is 4. The van der Waals surface area contributed by atoms with E-state index in [0.717, 1.165) is 0 Å². The topological polar surface area (TPSA) is 61.5 Å². The number of ketones is 1. The standard InChI is InChI=1S/C11H14ClNO3/c1-3-16-10-5-11(15-2)8(12)4-7(10)9(14)6-13/h4-5H,3,6,13H2,1-2H3. The molecule has 1 rings (SSSR count). The SMILES string of the molecule is CCOc1cc(OC)c(Cl)cc1C(=O)CN. The summed E-state index contributed by atoms with van der Waals surface area (Å²) in [4.78, 5) is 11.6. The molecule has 88 valence electrons. The lowest BCUT2D eigenvalue weighted by Gasteiger charge is -2.11. The molecule has 0 spiro atoms. The third kappa shape index (κ3) is 2.65. The van der Waals surface area contributed by atoms with Gasteiger partial charge >= 0.3 is 0 Å². The van der Waals surface area contributed by atoms with Crippen molar-refractivity contribution in [2.24, 2.45) is 5.73 Å². The Morgan fingerprint density at radius 2 is 2.12 bits per heavy atom. The Balaban J connectivity index is 3.24. The highest BCUT2D eigenvalue weighted by Crippen LogP contribution is 2.32. The molecule has 2 N–H and O–H groups in total. The lowest BCUT2D eigenvalue weighted by atomic mass is 10.1. The minimum absolute atomic E-state index is 0.0806. The Bertz CT molecular complexity index is 393. The molecular weight excluding hydrogens is 230 g/mol. The van der Waals surface area contributed by atoms with Crippen LogP contribution in [-0.4, -0.2) is 26.0 Å². The monoisotopic (exact) mass is 243 g/mol. The van der Waals surface area contributed by atoms with Crippen LogP contribution in [0.2, 0.25) is 5.02 Å². The summed E-state index contributed by atoms with van der Waals surface area (Å²) in [6, 6.07) is 3.11. The Hall–Kier alpha value is -1.26. The highest BCUT2D eigenvalue weighted by atomic mass is 35.5. The van der Waals surface area contributed by atoms with Crippen LogP contribution in [0.1, 0.15) is 17.3 Å². The molecule has 0 heterocycles. The first kappa shape index (κ1) is 12.8. The van der Waals surface area contributed by atoms with Crippen LogP contribution < -0.4 is 15.2 Å². The number of halogens is 1. The maximum Gasteiger partial charge on any atom is 0.180 e. The average molecular weight is 244 g/mol. The van der Waals surface area contributed by atoms with Crippen LogP contribution in [0, 0.1) is 0 Å². The molecule has 5 heteroatoms. The predicted octanol–water partition coefficient (Wildman–Crippen LogP) is 1.89. The predicted molar refractivity (Wildman–Crippen MR) is 62.6 cm³/mol. The summed E-state index contributed by atoms with van der Waals surface area (Å²) in [6.07, 6.45) is 0. The molecule has 0 aliphatic heterocycles. The molecule has 0 radical (unpaired) electrons. The van der Waals surface area contributed by atoms with Crippen LogP contribution in [0.3, 0.4) is 0 Å². The van der Waals surface area contributed by atoms with E-state index < -0.39 is 0 Å². The molecule has 0 saturated carbocycles.